The summed E-state index contributed by atoms with van der Waals surface area (Å²) in [6.45, 7) is 4.34. The van der Waals surface area contributed by atoms with Crippen molar-refractivity contribution in [3.05, 3.63) is 42.0 Å². The van der Waals surface area contributed by atoms with Crippen molar-refractivity contribution in [2.75, 3.05) is 6.61 Å². The van der Waals surface area contributed by atoms with Gasteiger partial charge in [-0.25, -0.2) is 4.18 Å². The minimum Gasteiger partial charge on any atom is -0.361 e. The topological polar surface area (TPSA) is 52.6 Å². The van der Waals surface area contributed by atoms with Crippen LogP contribution in [0, 0.1) is 0 Å². The van der Waals surface area contributed by atoms with Crippen LogP contribution in [0.2, 0.25) is 0 Å². The quantitative estimate of drug-likeness (QED) is 0.241. The van der Waals surface area contributed by atoms with E-state index in [0.717, 1.165) is 31.2 Å². The molecule has 0 spiro atoms. The van der Waals surface area contributed by atoms with E-state index in [9.17, 15) is 8.42 Å². The maximum Gasteiger partial charge on any atom is 0.449 e. The molecule has 1 aromatic carbocycles. The van der Waals surface area contributed by atoms with E-state index in [4.69, 9.17) is 8.37 Å². The Hall–Kier alpha value is -1.33. The van der Waals surface area contributed by atoms with Crippen molar-refractivity contribution in [3.8, 4) is 5.75 Å². The highest BCUT2D eigenvalue weighted by atomic mass is 32.3. The molecule has 154 valence electrons. The van der Waals surface area contributed by atoms with E-state index in [1.54, 1.807) is 12.1 Å². The number of hydrogen-bond donors (Lipinski definition) is 0. The average Bonchev–Trinajstić information content (AvgIpc) is 2.64. The standard InChI is InChI=1S/C22H36O4S/c1-3-5-7-8-9-10-11-12-13-14-17-21-18-15-16-19-22(21)26-27(23,24)25-20-6-4-2/h7-8,15-16,18-19H,3-6,9-14,17,20H2,1-2H3. The Bertz CT molecular complexity index is 623. The van der Waals surface area contributed by atoms with Crippen LogP contribution in [0.5, 0.6) is 5.75 Å². The molecule has 0 heterocycles. The lowest BCUT2D eigenvalue weighted by atomic mass is 10.0. The number of para-hydroxylation sites is 1. The maximum atomic E-state index is 11.9. The molecular weight excluding hydrogens is 360 g/mol. The van der Waals surface area contributed by atoms with E-state index in [1.807, 2.05) is 19.1 Å². The second-order valence-electron chi connectivity index (χ2n) is 6.84. The largest absolute Gasteiger partial charge is 0.449 e. The highest BCUT2D eigenvalue weighted by molar-refractivity contribution is 7.82. The molecule has 0 saturated heterocycles. The normalized spacial score (nSPS) is 11.9. The van der Waals surface area contributed by atoms with Crippen molar-refractivity contribution < 1.29 is 16.8 Å². The zero-order chi connectivity index (χ0) is 19.8. The highest BCUT2D eigenvalue weighted by Gasteiger charge is 2.15. The molecule has 0 radical (unpaired) electrons. The number of aryl methyl sites for hydroxylation is 1. The summed E-state index contributed by atoms with van der Waals surface area (Å²) < 4.78 is 33.9. The van der Waals surface area contributed by atoms with Gasteiger partial charge >= 0.3 is 10.4 Å². The fourth-order valence-corrected chi connectivity index (χ4v) is 3.49. The van der Waals surface area contributed by atoms with Crippen molar-refractivity contribution in [2.24, 2.45) is 0 Å². The summed E-state index contributed by atoms with van der Waals surface area (Å²) in [6.07, 6.45) is 16.4. The van der Waals surface area contributed by atoms with E-state index >= 15 is 0 Å². The molecular formula is C22H36O4S. The third kappa shape index (κ3) is 11.9. The molecule has 0 fully saturated rings. The number of rotatable bonds is 16. The first kappa shape index (κ1) is 23.7. The first-order valence-electron chi connectivity index (χ1n) is 10.4. The molecule has 5 heteroatoms. The van der Waals surface area contributed by atoms with Crippen LogP contribution in [0.3, 0.4) is 0 Å². The minimum atomic E-state index is -3.99. The van der Waals surface area contributed by atoms with Crippen molar-refractivity contribution in [3.63, 3.8) is 0 Å². The number of allylic oxidation sites excluding steroid dienone is 2. The Kier molecular flexibility index (Phi) is 12.9. The van der Waals surface area contributed by atoms with E-state index < -0.39 is 10.4 Å². The summed E-state index contributed by atoms with van der Waals surface area (Å²) in [7, 11) is -3.99. The Morgan fingerprint density at radius 1 is 0.852 bits per heavy atom. The fourth-order valence-electron chi connectivity index (χ4n) is 2.74. The molecule has 27 heavy (non-hydrogen) atoms. The molecule has 0 aromatic heterocycles. The zero-order valence-electron chi connectivity index (χ0n) is 17.0. The predicted molar refractivity (Wildman–Crippen MR) is 112 cm³/mol. The van der Waals surface area contributed by atoms with Crippen LogP contribution in [0.1, 0.15) is 83.6 Å². The number of hydrogen-bond acceptors (Lipinski definition) is 4. The van der Waals surface area contributed by atoms with Crippen LogP contribution >= 0.6 is 0 Å². The predicted octanol–water partition coefficient (Wildman–Crippen LogP) is 6.37. The van der Waals surface area contributed by atoms with Gasteiger partial charge in [0.05, 0.1) is 6.61 Å². The molecule has 1 rings (SSSR count). The van der Waals surface area contributed by atoms with Gasteiger partial charge in [-0.3, -0.25) is 0 Å². The monoisotopic (exact) mass is 396 g/mol. The van der Waals surface area contributed by atoms with Crippen LogP contribution in [-0.2, 0) is 21.0 Å². The summed E-state index contributed by atoms with van der Waals surface area (Å²) in [4.78, 5) is 0. The third-order valence-electron chi connectivity index (χ3n) is 4.33. The van der Waals surface area contributed by atoms with E-state index in [2.05, 4.69) is 19.1 Å². The fraction of sp³-hybridized carbons (Fsp3) is 0.636. The van der Waals surface area contributed by atoms with Gasteiger partial charge in [0.2, 0.25) is 0 Å². The van der Waals surface area contributed by atoms with Crippen molar-refractivity contribution in [2.45, 2.75) is 84.5 Å². The molecule has 0 aliphatic heterocycles. The molecule has 0 aliphatic rings. The van der Waals surface area contributed by atoms with Gasteiger partial charge in [-0.15, -0.1) is 0 Å². The van der Waals surface area contributed by atoms with Crippen molar-refractivity contribution in [1.29, 1.82) is 0 Å². The first-order valence-corrected chi connectivity index (χ1v) is 11.7. The Labute approximate surface area is 166 Å². The SMILES string of the molecule is CCCC=CCCCCCCCc1ccccc1OS(=O)(=O)OCCCC. The maximum absolute atomic E-state index is 11.9. The highest BCUT2D eigenvalue weighted by Crippen LogP contribution is 2.23. The van der Waals surface area contributed by atoms with Crippen molar-refractivity contribution >= 4 is 10.4 Å². The second-order valence-corrected chi connectivity index (χ2v) is 8.06. The Morgan fingerprint density at radius 3 is 2.33 bits per heavy atom. The van der Waals surface area contributed by atoms with Gasteiger partial charge in [-0.05, 0) is 50.2 Å². The van der Waals surface area contributed by atoms with E-state index in [1.165, 1.54) is 38.5 Å². The van der Waals surface area contributed by atoms with E-state index in [0.29, 0.717) is 12.2 Å². The summed E-state index contributed by atoms with van der Waals surface area (Å²) in [5.41, 5.74) is 0.919. The lowest BCUT2D eigenvalue weighted by Crippen LogP contribution is -2.15. The van der Waals surface area contributed by atoms with Gasteiger partial charge in [-0.2, -0.15) is 8.42 Å². The molecule has 0 amide bonds. The van der Waals surface area contributed by atoms with E-state index in [-0.39, 0.29) is 6.61 Å². The molecule has 0 N–H and O–H groups in total. The van der Waals surface area contributed by atoms with Crippen LogP contribution in [0.15, 0.2) is 36.4 Å². The molecule has 0 unspecified atom stereocenters. The van der Waals surface area contributed by atoms with Crippen LogP contribution in [0.25, 0.3) is 0 Å². The van der Waals surface area contributed by atoms with Crippen molar-refractivity contribution in [1.82, 2.24) is 0 Å². The van der Waals surface area contributed by atoms with Gasteiger partial charge < -0.3 is 4.18 Å². The molecule has 0 atom stereocenters. The summed E-state index contributed by atoms with van der Waals surface area (Å²) in [5.74, 6) is 0.384. The number of unbranched alkanes of at least 4 members (excludes halogenated alkanes) is 7. The van der Waals surface area contributed by atoms with Gasteiger partial charge in [0.25, 0.3) is 0 Å². The minimum absolute atomic E-state index is 0.161. The molecule has 0 aliphatic carbocycles. The summed E-state index contributed by atoms with van der Waals surface area (Å²) in [6, 6.07) is 7.32. The van der Waals surface area contributed by atoms with Gasteiger partial charge in [0.15, 0.2) is 0 Å². The van der Waals surface area contributed by atoms with Gasteiger partial charge in [-0.1, -0.05) is 76.3 Å². The average molecular weight is 397 g/mol. The molecule has 4 nitrogen and oxygen atoms in total. The smallest absolute Gasteiger partial charge is 0.361 e. The molecule has 0 bridgehead atoms. The molecule has 1 aromatic rings. The van der Waals surface area contributed by atoms with Crippen LogP contribution in [-0.4, -0.2) is 15.0 Å². The summed E-state index contributed by atoms with van der Waals surface area (Å²) >= 11 is 0. The Morgan fingerprint density at radius 2 is 1.56 bits per heavy atom. The second kappa shape index (κ2) is 14.7. The lowest BCUT2D eigenvalue weighted by molar-refractivity contribution is 0.268. The zero-order valence-corrected chi connectivity index (χ0v) is 17.8. The Balaban J connectivity index is 2.31. The van der Waals surface area contributed by atoms with Crippen LogP contribution in [0.4, 0.5) is 0 Å². The van der Waals surface area contributed by atoms with Gasteiger partial charge in [0, 0.05) is 0 Å². The molecule has 0 saturated carbocycles. The van der Waals surface area contributed by atoms with Crippen LogP contribution < -0.4 is 4.18 Å². The number of benzene rings is 1. The van der Waals surface area contributed by atoms with Gasteiger partial charge in [0.1, 0.15) is 5.75 Å². The third-order valence-corrected chi connectivity index (χ3v) is 5.17. The summed E-state index contributed by atoms with van der Waals surface area (Å²) in [5, 5.41) is 0. The first-order chi connectivity index (χ1) is 13.1. The lowest BCUT2D eigenvalue weighted by Gasteiger charge is -2.11.